The van der Waals surface area contributed by atoms with E-state index >= 15 is 0 Å². The van der Waals surface area contributed by atoms with Gasteiger partial charge in [0, 0.05) is 25.4 Å². The van der Waals surface area contributed by atoms with Crippen molar-refractivity contribution in [2.75, 3.05) is 13.1 Å². The number of aryl methyl sites for hydroxylation is 1. The predicted molar refractivity (Wildman–Crippen MR) is 104 cm³/mol. The standard InChI is InChI=1S/C20H25N3O2S/c1-13(2)20-21-14(3)18(26-20)19(25)22-16-11-17(24)23(12-16)10-9-15-7-5-4-6-8-15/h4-8,13,16H,9-12H2,1-3H3,(H,22,25). The first kappa shape index (κ1) is 18.6. The molecule has 2 amide bonds. The SMILES string of the molecule is Cc1nc(C(C)C)sc1C(=O)NC1CC(=O)N(CCc2ccccc2)C1. The first-order chi connectivity index (χ1) is 12.4. The van der Waals surface area contributed by atoms with E-state index in [4.69, 9.17) is 0 Å². The maximum atomic E-state index is 12.6. The minimum Gasteiger partial charge on any atom is -0.346 e. The van der Waals surface area contributed by atoms with Gasteiger partial charge in [0.05, 0.1) is 16.7 Å². The number of carbonyl (C=O) groups excluding carboxylic acids is 2. The number of carbonyl (C=O) groups is 2. The van der Waals surface area contributed by atoms with Gasteiger partial charge in [-0.25, -0.2) is 4.98 Å². The molecular weight excluding hydrogens is 346 g/mol. The number of hydrogen-bond acceptors (Lipinski definition) is 4. The molecule has 1 atom stereocenters. The van der Waals surface area contributed by atoms with E-state index in [1.807, 2.05) is 30.0 Å². The Morgan fingerprint density at radius 3 is 2.73 bits per heavy atom. The number of nitrogens with zero attached hydrogens (tertiary/aromatic N) is 2. The summed E-state index contributed by atoms with van der Waals surface area (Å²) in [5.74, 6) is 0.298. The number of benzene rings is 1. The summed E-state index contributed by atoms with van der Waals surface area (Å²) in [6, 6.07) is 10.0. The lowest BCUT2D eigenvalue weighted by molar-refractivity contribution is -0.127. The van der Waals surface area contributed by atoms with Gasteiger partial charge in [0.1, 0.15) is 4.88 Å². The number of aromatic nitrogens is 1. The molecule has 1 aliphatic rings. The maximum absolute atomic E-state index is 12.6. The number of nitrogens with one attached hydrogen (secondary N) is 1. The summed E-state index contributed by atoms with van der Waals surface area (Å²) in [6.45, 7) is 7.27. The van der Waals surface area contributed by atoms with Crippen LogP contribution < -0.4 is 5.32 Å². The third-order valence-electron chi connectivity index (χ3n) is 4.58. The van der Waals surface area contributed by atoms with Gasteiger partial charge in [-0.3, -0.25) is 9.59 Å². The molecule has 1 unspecified atom stereocenters. The van der Waals surface area contributed by atoms with Crippen molar-refractivity contribution in [3.8, 4) is 0 Å². The van der Waals surface area contributed by atoms with Crippen LogP contribution >= 0.6 is 11.3 Å². The molecule has 0 spiro atoms. The molecule has 5 nitrogen and oxygen atoms in total. The van der Waals surface area contributed by atoms with Crippen LogP contribution in [0.2, 0.25) is 0 Å². The van der Waals surface area contributed by atoms with Crippen molar-refractivity contribution >= 4 is 23.2 Å². The van der Waals surface area contributed by atoms with Crippen LogP contribution in [0, 0.1) is 6.92 Å². The predicted octanol–water partition coefficient (Wildman–Crippen LogP) is 3.15. The van der Waals surface area contributed by atoms with E-state index in [1.165, 1.54) is 16.9 Å². The Kier molecular flexibility index (Phi) is 5.71. The van der Waals surface area contributed by atoms with Gasteiger partial charge in [-0.1, -0.05) is 44.2 Å². The van der Waals surface area contributed by atoms with E-state index in [1.54, 1.807) is 0 Å². The highest BCUT2D eigenvalue weighted by Crippen LogP contribution is 2.25. The molecule has 6 heteroatoms. The van der Waals surface area contributed by atoms with E-state index in [2.05, 4.69) is 36.3 Å². The topological polar surface area (TPSA) is 62.3 Å². The Labute approximate surface area is 158 Å². The molecule has 1 aromatic carbocycles. The summed E-state index contributed by atoms with van der Waals surface area (Å²) in [6.07, 6.45) is 1.20. The van der Waals surface area contributed by atoms with Gasteiger partial charge in [-0.2, -0.15) is 0 Å². The zero-order valence-corrected chi connectivity index (χ0v) is 16.3. The van der Waals surface area contributed by atoms with E-state index in [0.717, 1.165) is 17.1 Å². The first-order valence-corrected chi connectivity index (χ1v) is 9.85. The third-order valence-corrected chi connectivity index (χ3v) is 6.03. The van der Waals surface area contributed by atoms with Crippen LogP contribution in [0.3, 0.4) is 0 Å². The summed E-state index contributed by atoms with van der Waals surface area (Å²) in [5, 5.41) is 3.99. The van der Waals surface area contributed by atoms with Crippen molar-refractivity contribution in [2.45, 2.75) is 45.6 Å². The van der Waals surface area contributed by atoms with Crippen LogP contribution in [0.4, 0.5) is 0 Å². The molecule has 3 rings (SSSR count). The Morgan fingerprint density at radius 1 is 1.35 bits per heavy atom. The van der Waals surface area contributed by atoms with Crippen molar-refractivity contribution in [3.63, 3.8) is 0 Å². The molecule has 0 aliphatic carbocycles. The number of likely N-dealkylation sites (tertiary alicyclic amines) is 1. The van der Waals surface area contributed by atoms with Crippen LogP contribution in [0.1, 0.15) is 52.1 Å². The van der Waals surface area contributed by atoms with Crippen molar-refractivity contribution in [2.24, 2.45) is 0 Å². The van der Waals surface area contributed by atoms with Gasteiger partial charge < -0.3 is 10.2 Å². The zero-order valence-electron chi connectivity index (χ0n) is 15.5. The average molecular weight is 372 g/mol. The normalized spacial score (nSPS) is 17.2. The molecule has 1 aromatic heterocycles. The van der Waals surface area contributed by atoms with Gasteiger partial charge in [0.25, 0.3) is 5.91 Å². The number of amides is 2. The van der Waals surface area contributed by atoms with Crippen LogP contribution in [0.15, 0.2) is 30.3 Å². The maximum Gasteiger partial charge on any atom is 0.263 e. The fourth-order valence-corrected chi connectivity index (χ4v) is 4.09. The Morgan fingerprint density at radius 2 is 2.08 bits per heavy atom. The van der Waals surface area contributed by atoms with Crippen LogP contribution in [0.25, 0.3) is 0 Å². The molecule has 2 heterocycles. The van der Waals surface area contributed by atoms with Gasteiger partial charge in [-0.15, -0.1) is 11.3 Å². The Hall–Kier alpha value is -2.21. The number of thiazole rings is 1. The second-order valence-electron chi connectivity index (χ2n) is 7.07. The summed E-state index contributed by atoms with van der Waals surface area (Å²) < 4.78 is 0. The molecular formula is C20H25N3O2S. The highest BCUT2D eigenvalue weighted by molar-refractivity contribution is 7.13. The van der Waals surface area contributed by atoms with Crippen molar-refractivity contribution < 1.29 is 9.59 Å². The summed E-state index contributed by atoms with van der Waals surface area (Å²) in [5.41, 5.74) is 1.98. The Balaban J connectivity index is 1.56. The highest BCUT2D eigenvalue weighted by Gasteiger charge is 2.31. The summed E-state index contributed by atoms with van der Waals surface area (Å²) >= 11 is 1.45. The van der Waals surface area contributed by atoms with E-state index in [-0.39, 0.29) is 17.9 Å². The Bertz CT molecular complexity index is 786. The molecule has 26 heavy (non-hydrogen) atoms. The molecule has 0 bridgehead atoms. The molecule has 2 aromatic rings. The zero-order chi connectivity index (χ0) is 18.7. The highest BCUT2D eigenvalue weighted by atomic mass is 32.1. The molecule has 138 valence electrons. The summed E-state index contributed by atoms with van der Waals surface area (Å²) in [4.78, 5) is 31.8. The average Bonchev–Trinajstić information content (AvgIpc) is 3.16. The number of hydrogen-bond donors (Lipinski definition) is 1. The molecule has 1 aliphatic heterocycles. The number of rotatable bonds is 6. The molecule has 0 saturated carbocycles. The van der Waals surface area contributed by atoms with Crippen molar-refractivity contribution in [3.05, 3.63) is 51.5 Å². The monoisotopic (exact) mass is 371 g/mol. The summed E-state index contributed by atoms with van der Waals surface area (Å²) in [7, 11) is 0. The second-order valence-corrected chi connectivity index (χ2v) is 8.10. The fraction of sp³-hybridized carbons (Fsp3) is 0.450. The van der Waals surface area contributed by atoms with Crippen LogP contribution in [-0.2, 0) is 11.2 Å². The minimum absolute atomic E-state index is 0.107. The minimum atomic E-state index is -0.130. The van der Waals surface area contributed by atoms with Crippen molar-refractivity contribution in [1.82, 2.24) is 15.2 Å². The quantitative estimate of drug-likeness (QED) is 0.848. The largest absolute Gasteiger partial charge is 0.346 e. The molecule has 0 radical (unpaired) electrons. The lowest BCUT2D eigenvalue weighted by Gasteiger charge is -2.17. The smallest absolute Gasteiger partial charge is 0.263 e. The fourth-order valence-electron chi connectivity index (χ4n) is 3.12. The van der Waals surface area contributed by atoms with Gasteiger partial charge in [-0.05, 0) is 18.9 Å². The first-order valence-electron chi connectivity index (χ1n) is 9.04. The van der Waals surface area contributed by atoms with Crippen LogP contribution in [0.5, 0.6) is 0 Å². The van der Waals surface area contributed by atoms with E-state index in [0.29, 0.717) is 30.3 Å². The lowest BCUT2D eigenvalue weighted by atomic mass is 10.1. The molecule has 1 saturated heterocycles. The van der Waals surface area contributed by atoms with Crippen LogP contribution in [-0.4, -0.2) is 40.8 Å². The second kappa shape index (κ2) is 7.99. The van der Waals surface area contributed by atoms with E-state index in [9.17, 15) is 9.59 Å². The third kappa shape index (κ3) is 4.30. The molecule has 1 N–H and O–H groups in total. The van der Waals surface area contributed by atoms with E-state index < -0.39 is 0 Å². The van der Waals surface area contributed by atoms with Gasteiger partial charge in [0.15, 0.2) is 0 Å². The lowest BCUT2D eigenvalue weighted by Crippen LogP contribution is -2.37. The molecule has 1 fully saturated rings. The van der Waals surface area contributed by atoms with Gasteiger partial charge in [0.2, 0.25) is 5.91 Å². The van der Waals surface area contributed by atoms with Gasteiger partial charge >= 0.3 is 0 Å². The van der Waals surface area contributed by atoms with Crippen molar-refractivity contribution in [1.29, 1.82) is 0 Å².